The van der Waals surface area contributed by atoms with Crippen LogP contribution in [0, 0.1) is 5.41 Å². The van der Waals surface area contributed by atoms with Crippen molar-refractivity contribution in [2.75, 3.05) is 0 Å². The average molecular weight is 287 g/mol. The lowest BCUT2D eigenvalue weighted by atomic mass is 9.96. The predicted molar refractivity (Wildman–Crippen MR) is 69.5 cm³/mol. The molecule has 0 radical (unpaired) electrons. The Bertz CT molecular complexity index is 468. The SMILES string of the molecule is O=C(O)C1(Cc2ccccc2)CC1OC=C(Cl)Cl. The molecule has 0 saturated heterocycles. The molecule has 0 aromatic heterocycles. The molecule has 1 aliphatic rings. The van der Waals surface area contributed by atoms with Crippen molar-refractivity contribution < 1.29 is 14.6 Å². The number of benzene rings is 1. The molecule has 5 heteroatoms. The Morgan fingerprint density at radius 2 is 2.11 bits per heavy atom. The zero-order valence-electron chi connectivity index (χ0n) is 9.48. The standard InChI is InChI=1S/C13H12Cl2O3/c14-11(15)8-18-10-7-13(10,12(16)17)6-9-4-2-1-3-5-9/h1-5,8,10H,6-7H2,(H,16,17). The van der Waals surface area contributed by atoms with Gasteiger partial charge in [-0.25, -0.2) is 0 Å². The van der Waals surface area contributed by atoms with Gasteiger partial charge < -0.3 is 9.84 Å². The number of halogens is 2. The maximum absolute atomic E-state index is 11.4. The third-order valence-electron chi connectivity index (χ3n) is 3.12. The fraction of sp³-hybridized carbons (Fsp3) is 0.308. The van der Waals surface area contributed by atoms with Crippen LogP contribution in [0.15, 0.2) is 41.1 Å². The zero-order valence-corrected chi connectivity index (χ0v) is 11.0. The van der Waals surface area contributed by atoms with Gasteiger partial charge >= 0.3 is 5.97 Å². The Balaban J connectivity index is 2.07. The number of carboxylic acid groups (broad SMARTS) is 1. The predicted octanol–water partition coefficient (Wildman–Crippen LogP) is 3.37. The lowest BCUT2D eigenvalue weighted by molar-refractivity contribution is -0.144. The summed E-state index contributed by atoms with van der Waals surface area (Å²) in [5.41, 5.74) is 0.119. The molecule has 1 saturated carbocycles. The van der Waals surface area contributed by atoms with Crippen LogP contribution in [0.2, 0.25) is 0 Å². The van der Waals surface area contributed by atoms with Gasteiger partial charge in [-0.2, -0.15) is 0 Å². The molecule has 1 aromatic carbocycles. The molecule has 0 spiro atoms. The maximum atomic E-state index is 11.4. The van der Waals surface area contributed by atoms with Crippen LogP contribution in [-0.4, -0.2) is 17.2 Å². The van der Waals surface area contributed by atoms with Crippen molar-refractivity contribution >= 4 is 29.2 Å². The second-order valence-corrected chi connectivity index (χ2v) is 5.37. The third-order valence-corrected chi connectivity index (χ3v) is 3.29. The van der Waals surface area contributed by atoms with Crippen LogP contribution in [0.25, 0.3) is 0 Å². The molecule has 0 bridgehead atoms. The first-order chi connectivity index (χ1) is 8.54. The van der Waals surface area contributed by atoms with Gasteiger partial charge in [-0.05, 0) is 12.0 Å². The van der Waals surface area contributed by atoms with E-state index in [0.717, 1.165) is 5.56 Å². The molecule has 0 aliphatic heterocycles. The quantitative estimate of drug-likeness (QED) is 0.845. The Morgan fingerprint density at radius 3 is 2.67 bits per heavy atom. The molecule has 1 N–H and O–H groups in total. The van der Waals surface area contributed by atoms with E-state index in [1.54, 1.807) is 0 Å². The van der Waals surface area contributed by atoms with E-state index in [0.29, 0.717) is 12.8 Å². The van der Waals surface area contributed by atoms with Crippen molar-refractivity contribution in [3.05, 3.63) is 46.6 Å². The zero-order chi connectivity index (χ0) is 13.2. The van der Waals surface area contributed by atoms with Crippen molar-refractivity contribution in [1.82, 2.24) is 0 Å². The summed E-state index contributed by atoms with van der Waals surface area (Å²) in [5.74, 6) is -0.851. The summed E-state index contributed by atoms with van der Waals surface area (Å²) in [4.78, 5) is 11.4. The minimum Gasteiger partial charge on any atom is -0.494 e. The second-order valence-electron chi connectivity index (χ2n) is 4.36. The summed E-state index contributed by atoms with van der Waals surface area (Å²) in [6.45, 7) is 0. The molecule has 3 nitrogen and oxygen atoms in total. The molecular weight excluding hydrogens is 275 g/mol. The molecule has 96 valence electrons. The van der Waals surface area contributed by atoms with Gasteiger partial charge in [-0.1, -0.05) is 53.5 Å². The highest BCUT2D eigenvalue weighted by Crippen LogP contribution is 2.51. The monoisotopic (exact) mass is 286 g/mol. The van der Waals surface area contributed by atoms with Gasteiger partial charge in [0.05, 0.1) is 0 Å². The number of rotatable bonds is 5. The van der Waals surface area contributed by atoms with Gasteiger partial charge in [0, 0.05) is 6.42 Å². The largest absolute Gasteiger partial charge is 0.494 e. The lowest BCUT2D eigenvalue weighted by Crippen LogP contribution is -2.22. The van der Waals surface area contributed by atoms with E-state index in [2.05, 4.69) is 0 Å². The molecule has 2 unspecified atom stereocenters. The molecular formula is C13H12Cl2O3. The topological polar surface area (TPSA) is 46.5 Å². The summed E-state index contributed by atoms with van der Waals surface area (Å²) < 4.78 is 5.24. The van der Waals surface area contributed by atoms with Gasteiger partial charge in [-0.15, -0.1) is 0 Å². The van der Waals surface area contributed by atoms with Crippen LogP contribution in [0.3, 0.4) is 0 Å². The van der Waals surface area contributed by atoms with Gasteiger partial charge in [0.15, 0.2) is 0 Å². The van der Waals surface area contributed by atoms with E-state index < -0.39 is 11.4 Å². The maximum Gasteiger partial charge on any atom is 0.313 e. The van der Waals surface area contributed by atoms with Gasteiger partial charge in [0.2, 0.25) is 0 Å². The van der Waals surface area contributed by atoms with Crippen molar-refractivity contribution in [2.45, 2.75) is 18.9 Å². The van der Waals surface area contributed by atoms with Crippen molar-refractivity contribution in [1.29, 1.82) is 0 Å². The number of hydrogen-bond donors (Lipinski definition) is 1. The highest BCUT2D eigenvalue weighted by atomic mass is 35.5. The molecule has 2 rings (SSSR count). The number of carbonyl (C=O) groups is 1. The minimum atomic E-state index is -0.860. The van der Waals surface area contributed by atoms with E-state index in [-0.39, 0.29) is 10.6 Å². The molecule has 18 heavy (non-hydrogen) atoms. The van der Waals surface area contributed by atoms with E-state index in [1.165, 1.54) is 6.26 Å². The first kappa shape index (κ1) is 13.2. The lowest BCUT2D eigenvalue weighted by Gasteiger charge is -2.11. The van der Waals surface area contributed by atoms with E-state index in [9.17, 15) is 9.90 Å². The van der Waals surface area contributed by atoms with E-state index >= 15 is 0 Å². The van der Waals surface area contributed by atoms with E-state index in [1.807, 2.05) is 30.3 Å². The number of aliphatic carboxylic acids is 1. The van der Waals surface area contributed by atoms with Crippen LogP contribution in [0.5, 0.6) is 0 Å². The average Bonchev–Trinajstić information content (AvgIpc) is 3.03. The highest BCUT2D eigenvalue weighted by Gasteiger charge is 2.62. The summed E-state index contributed by atoms with van der Waals surface area (Å²) in [5, 5.41) is 9.33. The van der Waals surface area contributed by atoms with Crippen molar-refractivity contribution in [3.63, 3.8) is 0 Å². The molecule has 1 fully saturated rings. The first-order valence-corrected chi connectivity index (χ1v) is 6.24. The number of carboxylic acids is 1. The van der Waals surface area contributed by atoms with Crippen molar-refractivity contribution in [3.8, 4) is 0 Å². The summed E-state index contributed by atoms with van der Waals surface area (Å²) in [6, 6.07) is 9.49. The Labute approximate surface area is 115 Å². The molecule has 0 heterocycles. The summed E-state index contributed by atoms with van der Waals surface area (Å²) in [7, 11) is 0. The minimum absolute atomic E-state index is 0.0131. The van der Waals surface area contributed by atoms with Crippen LogP contribution in [0.4, 0.5) is 0 Å². The van der Waals surface area contributed by atoms with Gasteiger partial charge in [0.25, 0.3) is 0 Å². The summed E-state index contributed by atoms with van der Waals surface area (Å²) in [6.07, 6.45) is 1.72. The molecule has 1 aliphatic carbocycles. The molecule has 2 atom stereocenters. The normalized spacial score (nSPS) is 25.3. The Hall–Kier alpha value is -1.19. The van der Waals surface area contributed by atoms with Crippen LogP contribution >= 0.6 is 23.2 Å². The Morgan fingerprint density at radius 1 is 1.44 bits per heavy atom. The fourth-order valence-electron chi connectivity index (χ4n) is 2.03. The van der Waals surface area contributed by atoms with Crippen molar-refractivity contribution in [2.24, 2.45) is 5.41 Å². The van der Waals surface area contributed by atoms with Crippen LogP contribution < -0.4 is 0 Å². The second kappa shape index (κ2) is 5.21. The molecule has 0 amide bonds. The smallest absolute Gasteiger partial charge is 0.313 e. The van der Waals surface area contributed by atoms with Gasteiger partial charge in [-0.3, -0.25) is 4.79 Å². The molecule has 1 aromatic rings. The fourth-order valence-corrected chi connectivity index (χ4v) is 2.13. The third kappa shape index (κ3) is 2.79. The van der Waals surface area contributed by atoms with Crippen LogP contribution in [0.1, 0.15) is 12.0 Å². The first-order valence-electron chi connectivity index (χ1n) is 5.48. The van der Waals surface area contributed by atoms with Crippen LogP contribution in [-0.2, 0) is 16.0 Å². The van der Waals surface area contributed by atoms with E-state index in [4.69, 9.17) is 27.9 Å². The van der Waals surface area contributed by atoms with Gasteiger partial charge in [0.1, 0.15) is 22.3 Å². The number of hydrogen-bond acceptors (Lipinski definition) is 2. The number of ether oxygens (including phenoxy) is 1. The highest BCUT2D eigenvalue weighted by molar-refractivity contribution is 6.55. The summed E-state index contributed by atoms with van der Waals surface area (Å²) >= 11 is 10.9. The Kier molecular flexibility index (Phi) is 3.83.